The lowest BCUT2D eigenvalue weighted by molar-refractivity contribution is -0.140. The van der Waals surface area contributed by atoms with Crippen molar-refractivity contribution in [2.45, 2.75) is 40.5 Å². The summed E-state index contributed by atoms with van der Waals surface area (Å²) in [7, 11) is 0. The Bertz CT molecular complexity index is 565. The Kier molecular flexibility index (Phi) is 8.45. The second-order valence-corrected chi connectivity index (χ2v) is 6.33. The van der Waals surface area contributed by atoms with Crippen molar-refractivity contribution < 1.29 is 19.1 Å². The molecule has 0 aromatic heterocycles. The summed E-state index contributed by atoms with van der Waals surface area (Å²) < 4.78 is 10.6. The summed E-state index contributed by atoms with van der Waals surface area (Å²) in [4.78, 5) is 27.0. The molecule has 1 saturated heterocycles. The minimum Gasteiger partial charge on any atom is -0.463 e. The predicted octanol–water partition coefficient (Wildman–Crippen LogP) is 2.40. The molecule has 2 aliphatic heterocycles. The van der Waals surface area contributed by atoms with Gasteiger partial charge in [0.1, 0.15) is 6.61 Å². The molecule has 7 heteroatoms. The van der Waals surface area contributed by atoms with Crippen LogP contribution >= 0.6 is 12.4 Å². The largest absolute Gasteiger partial charge is 0.463 e. The number of hydrogen-bond acceptors (Lipinski definition) is 6. The molecule has 0 aromatic rings. The number of ether oxygens (including phenoxy) is 2. The van der Waals surface area contributed by atoms with Crippen molar-refractivity contribution in [3.05, 3.63) is 22.5 Å². The highest BCUT2D eigenvalue weighted by Gasteiger charge is 2.33. The first-order chi connectivity index (χ1) is 11.5. The maximum Gasteiger partial charge on any atom is 0.336 e. The number of nitrogens with zero attached hydrogens (tertiary/aromatic N) is 1. The average Bonchev–Trinajstić information content (AvgIpc) is 3.00. The van der Waals surface area contributed by atoms with Crippen molar-refractivity contribution in [2.24, 2.45) is 5.92 Å². The molecule has 0 aliphatic carbocycles. The van der Waals surface area contributed by atoms with Crippen molar-refractivity contribution in [2.75, 3.05) is 32.8 Å². The number of likely N-dealkylation sites (tertiary alicyclic amines) is 1. The fourth-order valence-corrected chi connectivity index (χ4v) is 3.43. The van der Waals surface area contributed by atoms with E-state index >= 15 is 0 Å². The summed E-state index contributed by atoms with van der Waals surface area (Å²) >= 11 is 0. The molecule has 2 rings (SSSR count). The zero-order valence-electron chi connectivity index (χ0n) is 15.5. The molecule has 0 radical (unpaired) electrons. The zero-order valence-corrected chi connectivity index (χ0v) is 16.3. The van der Waals surface area contributed by atoms with E-state index in [1.165, 1.54) is 12.8 Å². The molecule has 1 unspecified atom stereocenters. The molecule has 1 N–H and O–H groups in total. The number of esters is 2. The van der Waals surface area contributed by atoms with Gasteiger partial charge in [-0.2, -0.15) is 0 Å². The van der Waals surface area contributed by atoms with E-state index in [-0.39, 0.29) is 30.3 Å². The van der Waals surface area contributed by atoms with Crippen LogP contribution in [0.2, 0.25) is 0 Å². The van der Waals surface area contributed by atoms with Crippen molar-refractivity contribution in [3.63, 3.8) is 0 Å². The van der Waals surface area contributed by atoms with Gasteiger partial charge in [0.25, 0.3) is 0 Å². The van der Waals surface area contributed by atoms with Crippen LogP contribution < -0.4 is 5.32 Å². The third kappa shape index (κ3) is 5.22. The van der Waals surface area contributed by atoms with E-state index in [4.69, 9.17) is 9.47 Å². The van der Waals surface area contributed by atoms with E-state index in [1.54, 1.807) is 6.92 Å². The van der Waals surface area contributed by atoms with Crippen LogP contribution in [0.4, 0.5) is 0 Å². The molecule has 2 aliphatic rings. The Morgan fingerprint density at radius 2 is 1.60 bits per heavy atom. The van der Waals surface area contributed by atoms with E-state index in [1.807, 2.05) is 20.8 Å². The molecular weight excluding hydrogens is 344 g/mol. The lowest BCUT2D eigenvalue weighted by Gasteiger charge is -2.27. The quantitative estimate of drug-likeness (QED) is 0.722. The summed E-state index contributed by atoms with van der Waals surface area (Å²) in [6.07, 6.45) is 2.43. The van der Waals surface area contributed by atoms with Crippen LogP contribution in [0.25, 0.3) is 0 Å². The molecule has 0 amide bonds. The molecule has 6 nitrogen and oxygen atoms in total. The third-order valence-electron chi connectivity index (χ3n) is 4.60. The first-order valence-electron chi connectivity index (χ1n) is 8.70. The number of allylic oxidation sites excluding steroid dienone is 2. The number of nitrogens with one attached hydrogen (secondary N) is 1. The van der Waals surface area contributed by atoms with Gasteiger partial charge in [-0.1, -0.05) is 6.92 Å². The molecule has 2 heterocycles. The van der Waals surface area contributed by atoms with Gasteiger partial charge < -0.3 is 14.8 Å². The Balaban J connectivity index is 0.00000312. The van der Waals surface area contributed by atoms with Crippen LogP contribution in [0.1, 0.15) is 40.5 Å². The Morgan fingerprint density at radius 1 is 1.08 bits per heavy atom. The molecule has 142 valence electrons. The summed E-state index contributed by atoms with van der Waals surface area (Å²) in [5.41, 5.74) is 2.46. The number of rotatable bonds is 6. The number of carbonyl (C=O) groups excluding carboxylic acids is 2. The highest BCUT2D eigenvalue weighted by Crippen LogP contribution is 2.30. The summed E-state index contributed by atoms with van der Waals surface area (Å²) in [5, 5.41) is 3.11. The van der Waals surface area contributed by atoms with E-state index < -0.39 is 0 Å². The third-order valence-corrected chi connectivity index (χ3v) is 4.60. The number of halogens is 1. The average molecular weight is 373 g/mol. The van der Waals surface area contributed by atoms with Gasteiger partial charge in [0.15, 0.2) is 0 Å². The molecule has 25 heavy (non-hydrogen) atoms. The van der Waals surface area contributed by atoms with Crippen LogP contribution in [0.3, 0.4) is 0 Å². The smallest absolute Gasteiger partial charge is 0.336 e. The van der Waals surface area contributed by atoms with Crippen LogP contribution in [0, 0.1) is 5.92 Å². The molecular formula is C18H29ClN2O4. The molecule has 1 atom stereocenters. The first-order valence-corrected chi connectivity index (χ1v) is 8.70. The van der Waals surface area contributed by atoms with Gasteiger partial charge in [-0.05, 0) is 46.7 Å². The Labute approximate surface area is 156 Å². The summed E-state index contributed by atoms with van der Waals surface area (Å²) in [6, 6.07) is 0. The van der Waals surface area contributed by atoms with Gasteiger partial charge in [0.05, 0.1) is 17.8 Å². The number of carbonyl (C=O) groups is 2. The van der Waals surface area contributed by atoms with Crippen molar-refractivity contribution in [1.29, 1.82) is 0 Å². The van der Waals surface area contributed by atoms with Crippen LogP contribution in [0.15, 0.2) is 22.5 Å². The number of dihydropyridines is 1. The zero-order chi connectivity index (χ0) is 17.7. The highest BCUT2D eigenvalue weighted by molar-refractivity contribution is 5.97. The fraction of sp³-hybridized carbons (Fsp3) is 0.667. The molecule has 1 fully saturated rings. The molecule has 0 spiro atoms. The lowest BCUT2D eigenvalue weighted by Crippen LogP contribution is -2.33. The predicted molar refractivity (Wildman–Crippen MR) is 98.2 cm³/mol. The van der Waals surface area contributed by atoms with E-state index in [9.17, 15) is 9.59 Å². The molecule has 0 bridgehead atoms. The summed E-state index contributed by atoms with van der Waals surface area (Å²) in [6.45, 7) is 10.9. The standard InChI is InChI=1S/C18H28N2O4.ClH/c1-5-23-17(21)15-12(2)16(14(4)19-13(15)3)18(22)24-11-10-20-8-6-7-9-20;/h12,19H,5-11H2,1-4H3;1H. The van der Waals surface area contributed by atoms with E-state index in [0.29, 0.717) is 24.4 Å². The minimum absolute atomic E-state index is 0. The van der Waals surface area contributed by atoms with Crippen molar-refractivity contribution in [3.8, 4) is 0 Å². The summed E-state index contributed by atoms with van der Waals surface area (Å²) in [5.74, 6) is -1.09. The van der Waals surface area contributed by atoms with Gasteiger partial charge in [0.2, 0.25) is 0 Å². The normalized spacial score (nSPS) is 20.9. The lowest BCUT2D eigenvalue weighted by atomic mass is 9.87. The maximum absolute atomic E-state index is 12.5. The van der Waals surface area contributed by atoms with Crippen LogP contribution in [-0.4, -0.2) is 49.7 Å². The van der Waals surface area contributed by atoms with E-state index in [2.05, 4.69) is 10.2 Å². The topological polar surface area (TPSA) is 67.9 Å². The SMILES string of the molecule is CCOC(=O)C1=C(C)NC(C)=C(C(=O)OCCN2CCCC2)C1C.Cl. The van der Waals surface area contributed by atoms with Gasteiger partial charge in [-0.15, -0.1) is 12.4 Å². The fourth-order valence-electron chi connectivity index (χ4n) is 3.43. The number of hydrogen-bond donors (Lipinski definition) is 1. The first kappa shape index (κ1) is 21.5. The van der Waals surface area contributed by atoms with Crippen LogP contribution in [-0.2, 0) is 19.1 Å². The van der Waals surface area contributed by atoms with Crippen molar-refractivity contribution >= 4 is 24.3 Å². The Morgan fingerprint density at radius 3 is 2.12 bits per heavy atom. The van der Waals surface area contributed by atoms with Gasteiger partial charge in [0, 0.05) is 23.9 Å². The minimum atomic E-state index is -0.384. The van der Waals surface area contributed by atoms with Gasteiger partial charge in [-0.3, -0.25) is 4.90 Å². The molecule has 0 aromatic carbocycles. The second-order valence-electron chi connectivity index (χ2n) is 6.33. The second kappa shape index (κ2) is 9.82. The Hall–Kier alpha value is -1.53. The van der Waals surface area contributed by atoms with Crippen LogP contribution in [0.5, 0.6) is 0 Å². The van der Waals surface area contributed by atoms with Crippen molar-refractivity contribution in [1.82, 2.24) is 10.2 Å². The van der Waals surface area contributed by atoms with Gasteiger partial charge >= 0.3 is 11.9 Å². The monoisotopic (exact) mass is 372 g/mol. The molecule has 0 saturated carbocycles. The van der Waals surface area contributed by atoms with Gasteiger partial charge in [-0.25, -0.2) is 9.59 Å². The highest BCUT2D eigenvalue weighted by atomic mass is 35.5. The van der Waals surface area contributed by atoms with E-state index in [0.717, 1.165) is 31.0 Å². The maximum atomic E-state index is 12.5.